The predicted octanol–water partition coefficient (Wildman–Crippen LogP) is 1.70. The summed E-state index contributed by atoms with van der Waals surface area (Å²) in [6, 6.07) is 8.01. The molecule has 0 unspecified atom stereocenters. The van der Waals surface area contributed by atoms with Crippen LogP contribution in [-0.2, 0) is 16.1 Å². The first-order chi connectivity index (χ1) is 10.6. The van der Waals surface area contributed by atoms with Crippen molar-refractivity contribution in [1.82, 2.24) is 9.80 Å². The largest absolute Gasteiger partial charge is 0.341 e. The topological polar surface area (TPSA) is 52.7 Å². The van der Waals surface area contributed by atoms with Crippen LogP contribution in [0.25, 0.3) is 0 Å². The summed E-state index contributed by atoms with van der Waals surface area (Å²) in [6.07, 6.45) is 2.52. The Morgan fingerprint density at radius 3 is 2.55 bits per heavy atom. The average Bonchev–Trinajstić information content (AvgIpc) is 2.91. The molecule has 2 aliphatic rings. The van der Waals surface area contributed by atoms with Crippen molar-refractivity contribution < 1.29 is 9.59 Å². The van der Waals surface area contributed by atoms with Gasteiger partial charge in [-0.2, -0.15) is 0 Å². The summed E-state index contributed by atoms with van der Waals surface area (Å²) >= 11 is 0. The molecule has 1 aromatic rings. The number of anilines is 1. The fourth-order valence-corrected chi connectivity index (χ4v) is 3.10. The third kappa shape index (κ3) is 3.30. The Morgan fingerprint density at radius 1 is 1.18 bits per heavy atom. The van der Waals surface area contributed by atoms with E-state index < -0.39 is 0 Å². The zero-order valence-corrected chi connectivity index (χ0v) is 13.0. The van der Waals surface area contributed by atoms with Gasteiger partial charge in [0.1, 0.15) is 0 Å². The lowest BCUT2D eigenvalue weighted by molar-refractivity contribution is -0.139. The van der Waals surface area contributed by atoms with Gasteiger partial charge in [-0.3, -0.25) is 14.5 Å². The molecule has 2 saturated heterocycles. The van der Waals surface area contributed by atoms with E-state index in [0.717, 1.165) is 25.3 Å². The Hall–Kier alpha value is -1.88. The van der Waals surface area contributed by atoms with E-state index in [-0.39, 0.29) is 17.7 Å². The summed E-state index contributed by atoms with van der Waals surface area (Å²) in [5.41, 5.74) is 2.07. The third-order valence-electron chi connectivity index (χ3n) is 4.57. The van der Waals surface area contributed by atoms with Crippen LogP contribution in [0.5, 0.6) is 0 Å². The summed E-state index contributed by atoms with van der Waals surface area (Å²) in [5.74, 6) is -0.0198. The lowest BCUT2D eigenvalue weighted by atomic mass is 9.99. The van der Waals surface area contributed by atoms with Crippen molar-refractivity contribution in [1.29, 1.82) is 0 Å². The second-order valence-electron chi connectivity index (χ2n) is 6.25. The monoisotopic (exact) mass is 301 g/mol. The van der Waals surface area contributed by atoms with Crippen molar-refractivity contribution in [2.75, 3.05) is 31.5 Å². The summed E-state index contributed by atoms with van der Waals surface area (Å²) in [4.78, 5) is 27.6. The number of para-hydroxylation sites is 1. The number of rotatable bonds is 4. The Balaban J connectivity index is 1.60. The summed E-state index contributed by atoms with van der Waals surface area (Å²) in [6.45, 7) is 5.78. The molecule has 0 bridgehead atoms. The minimum atomic E-state index is -0.0799. The van der Waals surface area contributed by atoms with Crippen LogP contribution in [0.4, 0.5) is 5.69 Å². The molecule has 2 aliphatic heterocycles. The smallest absolute Gasteiger partial charge is 0.231 e. The number of carbonyl (C=O) groups excluding carboxylic acids is 2. The van der Waals surface area contributed by atoms with E-state index >= 15 is 0 Å². The average molecular weight is 301 g/mol. The lowest BCUT2D eigenvalue weighted by Gasteiger charge is -2.37. The minimum Gasteiger partial charge on any atom is -0.341 e. The SMILES string of the molecule is CC(=O)N1CC(C(=O)Nc2ccccc2CN2CCCC2)C1. The molecule has 2 amide bonds. The second kappa shape index (κ2) is 6.48. The first kappa shape index (κ1) is 15.0. The third-order valence-corrected chi connectivity index (χ3v) is 4.57. The molecule has 118 valence electrons. The zero-order valence-electron chi connectivity index (χ0n) is 13.0. The van der Waals surface area contributed by atoms with Gasteiger partial charge in [0.15, 0.2) is 0 Å². The molecule has 22 heavy (non-hydrogen) atoms. The molecular formula is C17H23N3O2. The van der Waals surface area contributed by atoms with Crippen LogP contribution in [0.2, 0.25) is 0 Å². The van der Waals surface area contributed by atoms with Gasteiger partial charge in [0.2, 0.25) is 11.8 Å². The van der Waals surface area contributed by atoms with E-state index in [9.17, 15) is 9.59 Å². The zero-order chi connectivity index (χ0) is 15.5. The van der Waals surface area contributed by atoms with Crippen LogP contribution in [0, 0.1) is 5.92 Å². The molecule has 0 radical (unpaired) electrons. The van der Waals surface area contributed by atoms with E-state index in [1.165, 1.54) is 18.4 Å². The molecule has 0 atom stereocenters. The standard InChI is InChI=1S/C17H23N3O2/c1-13(21)20-11-15(12-20)17(22)18-16-7-3-2-6-14(16)10-19-8-4-5-9-19/h2-3,6-7,15H,4-5,8-12H2,1H3,(H,18,22). The van der Waals surface area contributed by atoms with Crippen LogP contribution in [-0.4, -0.2) is 47.8 Å². The predicted molar refractivity (Wildman–Crippen MR) is 85.3 cm³/mol. The Bertz CT molecular complexity index is 561. The van der Waals surface area contributed by atoms with Crippen LogP contribution < -0.4 is 5.32 Å². The first-order valence-corrected chi connectivity index (χ1v) is 8.00. The molecule has 1 aromatic carbocycles. The van der Waals surface area contributed by atoms with Gasteiger partial charge in [0.25, 0.3) is 0 Å². The minimum absolute atomic E-state index is 0.0198. The Morgan fingerprint density at radius 2 is 1.86 bits per heavy atom. The van der Waals surface area contributed by atoms with E-state index in [4.69, 9.17) is 0 Å². The van der Waals surface area contributed by atoms with Crippen LogP contribution in [0.3, 0.4) is 0 Å². The molecule has 0 spiro atoms. The van der Waals surface area contributed by atoms with Crippen LogP contribution in [0.15, 0.2) is 24.3 Å². The van der Waals surface area contributed by atoms with Crippen molar-refractivity contribution in [2.45, 2.75) is 26.3 Å². The first-order valence-electron chi connectivity index (χ1n) is 8.00. The number of hydrogen-bond acceptors (Lipinski definition) is 3. The van der Waals surface area contributed by atoms with Gasteiger partial charge in [-0.15, -0.1) is 0 Å². The summed E-state index contributed by atoms with van der Waals surface area (Å²) < 4.78 is 0. The molecule has 0 aromatic heterocycles. The maximum atomic E-state index is 12.3. The molecule has 5 heteroatoms. The van der Waals surface area contributed by atoms with Gasteiger partial charge < -0.3 is 10.2 Å². The Kier molecular flexibility index (Phi) is 4.43. The van der Waals surface area contributed by atoms with Gasteiger partial charge in [0, 0.05) is 32.2 Å². The molecule has 0 aliphatic carbocycles. The summed E-state index contributed by atoms with van der Waals surface area (Å²) in [5, 5.41) is 3.04. The number of amides is 2. The van der Waals surface area contributed by atoms with Crippen molar-refractivity contribution in [3.05, 3.63) is 29.8 Å². The van der Waals surface area contributed by atoms with E-state index in [1.807, 2.05) is 18.2 Å². The van der Waals surface area contributed by atoms with Crippen LogP contribution in [0.1, 0.15) is 25.3 Å². The van der Waals surface area contributed by atoms with Gasteiger partial charge in [0.05, 0.1) is 5.92 Å². The highest BCUT2D eigenvalue weighted by Gasteiger charge is 2.34. The highest BCUT2D eigenvalue weighted by molar-refractivity contribution is 5.95. The number of nitrogens with one attached hydrogen (secondary N) is 1. The van der Waals surface area contributed by atoms with Gasteiger partial charge in [-0.05, 0) is 37.6 Å². The molecule has 3 rings (SSSR count). The highest BCUT2D eigenvalue weighted by Crippen LogP contribution is 2.22. The molecule has 2 heterocycles. The van der Waals surface area contributed by atoms with Gasteiger partial charge in [-0.1, -0.05) is 18.2 Å². The number of likely N-dealkylation sites (tertiary alicyclic amines) is 2. The molecule has 1 N–H and O–H groups in total. The number of nitrogens with zero attached hydrogens (tertiary/aromatic N) is 2. The normalized spacial score (nSPS) is 19.0. The number of benzene rings is 1. The van der Waals surface area contributed by atoms with Crippen molar-refractivity contribution in [3.63, 3.8) is 0 Å². The maximum Gasteiger partial charge on any atom is 0.231 e. The van der Waals surface area contributed by atoms with Crippen molar-refractivity contribution >= 4 is 17.5 Å². The molecule has 2 fully saturated rings. The number of carbonyl (C=O) groups is 2. The lowest BCUT2D eigenvalue weighted by Crippen LogP contribution is -2.53. The van der Waals surface area contributed by atoms with E-state index in [2.05, 4.69) is 16.3 Å². The van der Waals surface area contributed by atoms with Gasteiger partial charge in [-0.25, -0.2) is 0 Å². The van der Waals surface area contributed by atoms with E-state index in [1.54, 1.807) is 11.8 Å². The highest BCUT2D eigenvalue weighted by atomic mass is 16.2. The molecule has 0 saturated carbocycles. The second-order valence-corrected chi connectivity index (χ2v) is 6.25. The molecular weight excluding hydrogens is 278 g/mol. The van der Waals surface area contributed by atoms with Crippen LogP contribution >= 0.6 is 0 Å². The quantitative estimate of drug-likeness (QED) is 0.921. The van der Waals surface area contributed by atoms with Crippen molar-refractivity contribution in [3.8, 4) is 0 Å². The molecule has 5 nitrogen and oxygen atoms in total. The van der Waals surface area contributed by atoms with E-state index in [0.29, 0.717) is 13.1 Å². The maximum absolute atomic E-state index is 12.3. The fraction of sp³-hybridized carbons (Fsp3) is 0.529. The summed E-state index contributed by atoms with van der Waals surface area (Å²) in [7, 11) is 0. The van der Waals surface area contributed by atoms with Crippen molar-refractivity contribution in [2.24, 2.45) is 5.92 Å². The number of hydrogen-bond donors (Lipinski definition) is 1. The fourth-order valence-electron chi connectivity index (χ4n) is 3.10. The Labute approximate surface area is 131 Å². The van der Waals surface area contributed by atoms with Gasteiger partial charge >= 0.3 is 0 Å².